The van der Waals surface area contributed by atoms with Crippen LogP contribution in [0.25, 0.3) is 0 Å². The number of hydrogen-bond donors (Lipinski definition) is 0. The second kappa shape index (κ2) is 11.5. The highest BCUT2D eigenvalue weighted by Crippen LogP contribution is 2.34. The summed E-state index contributed by atoms with van der Waals surface area (Å²) in [5, 5.41) is 11.5. The van der Waals surface area contributed by atoms with Gasteiger partial charge < -0.3 is 14.5 Å². The summed E-state index contributed by atoms with van der Waals surface area (Å²) < 4.78 is 5.51. The van der Waals surface area contributed by atoms with Crippen LogP contribution in [-0.4, -0.2) is 62.6 Å². The van der Waals surface area contributed by atoms with Crippen LogP contribution in [0.1, 0.15) is 38.3 Å². The van der Waals surface area contributed by atoms with Crippen molar-refractivity contribution in [2.24, 2.45) is 0 Å². The number of amides is 2. The van der Waals surface area contributed by atoms with Gasteiger partial charge in [-0.25, -0.2) is 4.79 Å². The first-order valence-electron chi connectivity index (χ1n) is 11.7. The van der Waals surface area contributed by atoms with Crippen LogP contribution in [0.5, 0.6) is 0 Å². The van der Waals surface area contributed by atoms with Crippen LogP contribution in [0, 0.1) is 10.1 Å². The fourth-order valence-corrected chi connectivity index (χ4v) is 4.55. The number of benzene rings is 2. The van der Waals surface area contributed by atoms with E-state index in [1.807, 2.05) is 0 Å². The van der Waals surface area contributed by atoms with Gasteiger partial charge in [0.05, 0.1) is 11.5 Å². The molecule has 2 aromatic carbocycles. The van der Waals surface area contributed by atoms with E-state index < -0.39 is 28.1 Å². The number of Topliss-reactive ketones (excluding diaryl/α,β-unsaturated/α-hetero) is 1. The van der Waals surface area contributed by atoms with Crippen molar-refractivity contribution in [2.75, 3.05) is 19.0 Å². The van der Waals surface area contributed by atoms with E-state index in [4.69, 9.17) is 27.9 Å². The molecule has 0 spiro atoms. The fraction of sp³-hybridized carbons (Fsp3) is 0.423. The molecule has 0 saturated carbocycles. The van der Waals surface area contributed by atoms with E-state index in [1.54, 1.807) is 45.0 Å². The lowest BCUT2D eigenvalue weighted by Gasteiger charge is -2.40. The van der Waals surface area contributed by atoms with Crippen LogP contribution < -0.4 is 0 Å². The highest BCUT2D eigenvalue weighted by atomic mass is 35.5. The van der Waals surface area contributed by atoms with E-state index in [2.05, 4.69) is 0 Å². The number of rotatable bonds is 8. The number of alkyl halides is 1. The van der Waals surface area contributed by atoms with Gasteiger partial charge in [0.25, 0.3) is 5.69 Å². The molecule has 1 aliphatic rings. The quantitative estimate of drug-likeness (QED) is 0.260. The first-order chi connectivity index (χ1) is 17.3. The molecule has 1 atom stereocenters. The Kier molecular flexibility index (Phi) is 8.81. The molecule has 0 bridgehead atoms. The maximum Gasteiger partial charge on any atom is 0.410 e. The number of carbonyl (C=O) groups excluding carboxylic acids is 3. The summed E-state index contributed by atoms with van der Waals surface area (Å²) >= 11 is 12.0. The minimum Gasteiger partial charge on any atom is -0.444 e. The topological polar surface area (TPSA) is 110 Å². The standard InChI is InChI=1S/C26H29Cl2N3O6/c1-25(2,3)37-24(34)29-13-12-26(17-29,22(32)14-18-6-10-21(11-7-18)31(35)36)30(23(33)15-27)16-19-4-8-20(28)9-5-19/h4-11H,12-17H2,1-3H3. The minimum absolute atomic E-state index is 0.0655. The zero-order chi connectivity index (χ0) is 27.4. The van der Waals surface area contributed by atoms with Crippen LogP contribution >= 0.6 is 23.2 Å². The Morgan fingerprint density at radius 2 is 1.68 bits per heavy atom. The first kappa shape index (κ1) is 28.4. The summed E-state index contributed by atoms with van der Waals surface area (Å²) in [5.74, 6) is -1.12. The summed E-state index contributed by atoms with van der Waals surface area (Å²) in [6.07, 6.45) is -0.483. The number of halogens is 2. The van der Waals surface area contributed by atoms with Crippen LogP contribution in [-0.2, 0) is 27.3 Å². The third-order valence-corrected chi connectivity index (χ3v) is 6.60. The van der Waals surface area contributed by atoms with Crippen molar-refractivity contribution in [1.82, 2.24) is 9.80 Å². The van der Waals surface area contributed by atoms with Crippen molar-refractivity contribution >= 4 is 46.7 Å². The number of ketones is 1. The van der Waals surface area contributed by atoms with E-state index in [0.29, 0.717) is 10.6 Å². The molecule has 1 saturated heterocycles. The predicted octanol–water partition coefficient (Wildman–Crippen LogP) is 5.01. The molecule has 0 aliphatic carbocycles. The summed E-state index contributed by atoms with van der Waals surface area (Å²) in [4.78, 5) is 53.3. The number of likely N-dealkylation sites (tertiary alicyclic amines) is 1. The van der Waals surface area contributed by atoms with Gasteiger partial charge in [0.2, 0.25) is 5.91 Å². The minimum atomic E-state index is -1.37. The summed E-state index contributed by atoms with van der Waals surface area (Å²) in [7, 11) is 0. The van der Waals surface area contributed by atoms with Crippen LogP contribution in [0.15, 0.2) is 48.5 Å². The first-order valence-corrected chi connectivity index (χ1v) is 12.6. The number of nitro groups is 1. The number of carbonyl (C=O) groups is 3. The molecule has 1 heterocycles. The molecule has 2 aromatic rings. The highest BCUT2D eigenvalue weighted by molar-refractivity contribution is 6.30. The Balaban J connectivity index is 1.98. The largest absolute Gasteiger partial charge is 0.444 e. The number of hydrogen-bond acceptors (Lipinski definition) is 6. The van der Waals surface area contributed by atoms with Gasteiger partial charge in [-0.15, -0.1) is 11.6 Å². The van der Waals surface area contributed by atoms with E-state index in [1.165, 1.54) is 34.1 Å². The second-order valence-electron chi connectivity index (χ2n) is 9.95. The third-order valence-electron chi connectivity index (χ3n) is 6.12. The second-order valence-corrected chi connectivity index (χ2v) is 10.7. The molecule has 0 N–H and O–H groups in total. The maximum atomic E-state index is 13.9. The van der Waals surface area contributed by atoms with Crippen molar-refractivity contribution in [3.05, 3.63) is 74.8 Å². The monoisotopic (exact) mass is 549 g/mol. The highest BCUT2D eigenvalue weighted by Gasteiger charge is 2.52. The van der Waals surface area contributed by atoms with Gasteiger partial charge in [-0.05, 0) is 50.5 Å². The molecular weight excluding hydrogens is 521 g/mol. The molecule has 9 nitrogen and oxygen atoms in total. The van der Waals surface area contributed by atoms with Gasteiger partial charge in [0.15, 0.2) is 5.78 Å². The third kappa shape index (κ3) is 6.99. The summed E-state index contributed by atoms with van der Waals surface area (Å²) in [6, 6.07) is 12.6. The van der Waals surface area contributed by atoms with E-state index in [0.717, 1.165) is 5.56 Å². The lowest BCUT2D eigenvalue weighted by Crippen LogP contribution is -2.59. The van der Waals surface area contributed by atoms with E-state index >= 15 is 0 Å². The Morgan fingerprint density at radius 3 is 2.22 bits per heavy atom. The van der Waals surface area contributed by atoms with Crippen LogP contribution in [0.3, 0.4) is 0 Å². The van der Waals surface area contributed by atoms with Gasteiger partial charge in [-0.1, -0.05) is 35.9 Å². The average Bonchev–Trinajstić information content (AvgIpc) is 3.29. The van der Waals surface area contributed by atoms with Crippen molar-refractivity contribution in [3.8, 4) is 0 Å². The Morgan fingerprint density at radius 1 is 1.08 bits per heavy atom. The van der Waals surface area contributed by atoms with Crippen molar-refractivity contribution in [2.45, 2.75) is 51.3 Å². The zero-order valence-corrected chi connectivity index (χ0v) is 22.4. The van der Waals surface area contributed by atoms with Gasteiger partial charge in [-0.2, -0.15) is 0 Å². The maximum absolute atomic E-state index is 13.9. The normalized spacial score (nSPS) is 17.4. The van der Waals surface area contributed by atoms with Crippen molar-refractivity contribution < 1.29 is 24.0 Å². The number of nitro benzene ring substituents is 1. The fourth-order valence-electron chi connectivity index (χ4n) is 4.28. The zero-order valence-electron chi connectivity index (χ0n) is 20.9. The smallest absolute Gasteiger partial charge is 0.410 e. The molecule has 0 radical (unpaired) electrons. The molecule has 11 heteroatoms. The van der Waals surface area contributed by atoms with Crippen molar-refractivity contribution in [1.29, 1.82) is 0 Å². The molecule has 37 heavy (non-hydrogen) atoms. The average molecular weight is 550 g/mol. The number of non-ortho nitro benzene ring substituents is 1. The predicted molar refractivity (Wildman–Crippen MR) is 140 cm³/mol. The molecule has 1 unspecified atom stereocenters. The lowest BCUT2D eigenvalue weighted by atomic mass is 9.86. The molecule has 198 valence electrons. The van der Waals surface area contributed by atoms with Gasteiger partial charge in [-0.3, -0.25) is 19.7 Å². The van der Waals surface area contributed by atoms with Crippen LogP contribution in [0.4, 0.5) is 10.5 Å². The van der Waals surface area contributed by atoms with Gasteiger partial charge in [0, 0.05) is 36.7 Å². The molecule has 1 aliphatic heterocycles. The molecule has 0 aromatic heterocycles. The molecule has 3 rings (SSSR count). The Labute approximate surface area is 225 Å². The van der Waals surface area contributed by atoms with E-state index in [9.17, 15) is 24.5 Å². The summed E-state index contributed by atoms with van der Waals surface area (Å²) in [6.45, 7) is 5.46. The Hall–Kier alpha value is -3.17. The molecule has 1 fully saturated rings. The van der Waals surface area contributed by atoms with E-state index in [-0.39, 0.29) is 49.8 Å². The molecule has 2 amide bonds. The summed E-state index contributed by atoms with van der Waals surface area (Å²) in [5.41, 5.74) is -0.911. The van der Waals surface area contributed by atoms with Crippen LogP contribution in [0.2, 0.25) is 5.02 Å². The van der Waals surface area contributed by atoms with Crippen molar-refractivity contribution in [3.63, 3.8) is 0 Å². The SMILES string of the molecule is CC(C)(C)OC(=O)N1CCC(C(=O)Cc2ccc([N+](=O)[O-])cc2)(N(Cc2ccc(Cl)cc2)C(=O)CCl)C1. The lowest BCUT2D eigenvalue weighted by molar-refractivity contribution is -0.384. The Bertz CT molecular complexity index is 1160. The van der Waals surface area contributed by atoms with Gasteiger partial charge in [0.1, 0.15) is 17.0 Å². The number of nitrogens with zero attached hydrogens (tertiary/aromatic N) is 3. The molecular formula is C26H29Cl2N3O6. The number of ether oxygens (including phenoxy) is 1. The van der Waals surface area contributed by atoms with Gasteiger partial charge >= 0.3 is 6.09 Å².